The van der Waals surface area contributed by atoms with E-state index in [-0.39, 0.29) is 11.8 Å². The number of nitrogens with two attached hydrogens (primary N) is 1. The summed E-state index contributed by atoms with van der Waals surface area (Å²) in [6.45, 7) is 4.82. The molecule has 4 heterocycles. The summed E-state index contributed by atoms with van der Waals surface area (Å²) in [6, 6.07) is 10.0. The van der Waals surface area contributed by atoms with E-state index in [1.807, 2.05) is 6.08 Å². The number of rotatable bonds is 4. The number of amidine groups is 1. The number of ether oxygens (including phenoxy) is 3. The van der Waals surface area contributed by atoms with Crippen LogP contribution < -0.4 is 10.5 Å². The van der Waals surface area contributed by atoms with Gasteiger partial charge in [-0.2, -0.15) is 8.78 Å². The van der Waals surface area contributed by atoms with E-state index in [0.29, 0.717) is 59.9 Å². The smallest absolute Gasteiger partial charge is 0.283 e. The number of hydrogen-bond acceptors (Lipinski definition) is 6. The largest absolute Gasteiger partial charge is 0.466 e. The Morgan fingerprint density at radius 1 is 1.20 bits per heavy atom. The van der Waals surface area contributed by atoms with Crippen LogP contribution in [0.5, 0.6) is 11.5 Å². The van der Waals surface area contributed by atoms with Crippen molar-refractivity contribution in [1.29, 1.82) is 0 Å². The van der Waals surface area contributed by atoms with E-state index in [1.54, 1.807) is 50.2 Å². The molecule has 3 aromatic rings. The van der Waals surface area contributed by atoms with Crippen LogP contribution in [-0.2, 0) is 15.0 Å². The highest BCUT2D eigenvalue weighted by Gasteiger charge is 2.41. The molecule has 2 aromatic heterocycles. The normalized spacial score (nSPS) is 19.3. The van der Waals surface area contributed by atoms with Gasteiger partial charge in [0.25, 0.3) is 12.0 Å². The molecule has 2 N–H and O–H groups in total. The van der Waals surface area contributed by atoms with Gasteiger partial charge in [0.05, 0.1) is 25.5 Å². The van der Waals surface area contributed by atoms with E-state index in [1.165, 1.54) is 6.20 Å². The monoisotopic (exact) mass is 478 g/mol. The maximum atomic E-state index is 15.3. The second-order valence-electron chi connectivity index (χ2n) is 8.36. The van der Waals surface area contributed by atoms with Crippen molar-refractivity contribution in [3.63, 3.8) is 0 Å². The number of benzene rings is 1. The molecule has 180 valence electrons. The van der Waals surface area contributed by atoms with Crippen LogP contribution in [0.3, 0.4) is 0 Å². The van der Waals surface area contributed by atoms with E-state index >= 15 is 4.39 Å². The Morgan fingerprint density at radius 2 is 2.06 bits per heavy atom. The van der Waals surface area contributed by atoms with Crippen molar-refractivity contribution in [3.05, 3.63) is 77.4 Å². The number of pyridine rings is 2. The molecule has 0 spiro atoms. The fraction of sp³-hybridized carbons (Fsp3) is 0.269. The molecule has 5 rings (SSSR count). The van der Waals surface area contributed by atoms with Crippen LogP contribution in [0.4, 0.5) is 8.78 Å². The molecule has 7 nitrogen and oxygen atoms in total. The molecule has 0 aliphatic carbocycles. The van der Waals surface area contributed by atoms with Crippen LogP contribution in [0.2, 0.25) is 0 Å². The molecule has 0 amide bonds. The summed E-state index contributed by atoms with van der Waals surface area (Å²) in [6.07, 6.45) is 4.07. The van der Waals surface area contributed by atoms with Crippen molar-refractivity contribution < 1.29 is 23.0 Å². The second-order valence-corrected chi connectivity index (χ2v) is 8.36. The molecule has 1 atom stereocenters. The Morgan fingerprint density at radius 3 is 2.80 bits per heavy atom. The predicted octanol–water partition coefficient (Wildman–Crippen LogP) is 4.95. The molecule has 9 heteroatoms. The first-order chi connectivity index (χ1) is 16.9. The van der Waals surface area contributed by atoms with Gasteiger partial charge in [-0.1, -0.05) is 12.1 Å². The van der Waals surface area contributed by atoms with E-state index < -0.39 is 17.4 Å². The van der Waals surface area contributed by atoms with Gasteiger partial charge >= 0.3 is 0 Å². The quantitative estimate of drug-likeness (QED) is 0.324. The first-order valence-corrected chi connectivity index (χ1v) is 11.3. The average molecular weight is 478 g/mol. The number of nitrogens with zero attached hydrogens (tertiary/aromatic N) is 3. The fourth-order valence-corrected chi connectivity index (χ4v) is 4.41. The molecular weight excluding hydrogens is 454 g/mol. The Labute approximate surface area is 201 Å². The lowest BCUT2D eigenvalue weighted by atomic mass is 9.81. The van der Waals surface area contributed by atoms with Gasteiger partial charge in [0, 0.05) is 22.9 Å². The molecule has 0 saturated carbocycles. The van der Waals surface area contributed by atoms with Crippen molar-refractivity contribution >= 4 is 11.6 Å². The van der Waals surface area contributed by atoms with E-state index in [4.69, 9.17) is 19.9 Å². The minimum Gasteiger partial charge on any atom is -0.466 e. The Bertz CT molecular complexity index is 1360. The standard InChI is InChI=1S/C26H24F2N4O3/c1-3-34-25(29)32-26(2)18-12-15(17-7-4-10-30-23(17)27)8-9-21(18)35-22-19(26)13-20(31-24(22)28)16-6-5-11-33-14-16/h4,6-10,12-13H,3,5,11,14H2,1-2H3,(H2,29,32)/t26-/m0/s1. The van der Waals surface area contributed by atoms with Gasteiger partial charge < -0.3 is 19.9 Å². The van der Waals surface area contributed by atoms with E-state index in [9.17, 15) is 4.39 Å². The lowest BCUT2D eigenvalue weighted by Crippen LogP contribution is -2.31. The van der Waals surface area contributed by atoms with Gasteiger partial charge in [-0.25, -0.2) is 15.0 Å². The lowest BCUT2D eigenvalue weighted by Gasteiger charge is -2.35. The van der Waals surface area contributed by atoms with Gasteiger partial charge in [0.2, 0.25) is 5.95 Å². The summed E-state index contributed by atoms with van der Waals surface area (Å²) in [7, 11) is 0. The van der Waals surface area contributed by atoms with Crippen molar-refractivity contribution in [3.8, 4) is 22.6 Å². The summed E-state index contributed by atoms with van der Waals surface area (Å²) in [4.78, 5) is 12.5. The Balaban J connectivity index is 1.73. The molecule has 0 fully saturated rings. The summed E-state index contributed by atoms with van der Waals surface area (Å²) in [5.41, 5.74) is 7.94. The second kappa shape index (κ2) is 9.07. The fourth-order valence-electron chi connectivity index (χ4n) is 4.41. The zero-order valence-corrected chi connectivity index (χ0v) is 19.3. The number of fused-ring (bicyclic) bond motifs is 2. The van der Waals surface area contributed by atoms with Gasteiger partial charge in [-0.15, -0.1) is 0 Å². The van der Waals surface area contributed by atoms with Gasteiger partial charge in [-0.05, 0) is 61.7 Å². The van der Waals surface area contributed by atoms with Crippen molar-refractivity contribution in [2.75, 3.05) is 19.8 Å². The van der Waals surface area contributed by atoms with Gasteiger partial charge in [0.1, 0.15) is 11.3 Å². The number of aliphatic imine (C=N–C) groups is 1. The van der Waals surface area contributed by atoms with Crippen LogP contribution in [0.15, 0.2) is 53.7 Å². The maximum absolute atomic E-state index is 15.3. The lowest BCUT2D eigenvalue weighted by molar-refractivity contribution is 0.164. The Kier molecular flexibility index (Phi) is 5.94. The Hall–Kier alpha value is -3.85. The van der Waals surface area contributed by atoms with Crippen LogP contribution in [-0.4, -0.2) is 35.8 Å². The molecule has 0 unspecified atom stereocenters. The van der Waals surface area contributed by atoms with Crippen molar-refractivity contribution in [2.45, 2.75) is 25.8 Å². The summed E-state index contributed by atoms with van der Waals surface area (Å²) < 4.78 is 46.7. The summed E-state index contributed by atoms with van der Waals surface area (Å²) in [5.74, 6) is -1.07. The van der Waals surface area contributed by atoms with Crippen molar-refractivity contribution in [2.24, 2.45) is 10.7 Å². The third-order valence-corrected chi connectivity index (χ3v) is 6.11. The zero-order valence-electron chi connectivity index (χ0n) is 19.3. The number of aromatic nitrogens is 2. The first-order valence-electron chi connectivity index (χ1n) is 11.3. The van der Waals surface area contributed by atoms with Crippen LogP contribution >= 0.6 is 0 Å². The summed E-state index contributed by atoms with van der Waals surface area (Å²) in [5, 5.41) is 0. The first kappa shape index (κ1) is 22.9. The molecule has 0 bridgehead atoms. The third-order valence-electron chi connectivity index (χ3n) is 6.11. The SMILES string of the molecule is CCO/C(N)=N\[C@@]1(C)c2cc(-c3cccnc3F)ccc2Oc2c1cc(C1=CCCOC1)nc2F. The molecule has 1 aromatic carbocycles. The van der Waals surface area contributed by atoms with Gasteiger partial charge in [-0.3, -0.25) is 0 Å². The van der Waals surface area contributed by atoms with E-state index in [0.717, 1.165) is 5.57 Å². The average Bonchev–Trinajstić information content (AvgIpc) is 2.86. The minimum absolute atomic E-state index is 0.0468. The highest BCUT2D eigenvalue weighted by atomic mass is 19.1. The van der Waals surface area contributed by atoms with Crippen molar-refractivity contribution in [1.82, 2.24) is 9.97 Å². The third kappa shape index (κ3) is 4.12. The van der Waals surface area contributed by atoms with E-state index in [2.05, 4.69) is 15.0 Å². The topological polar surface area (TPSA) is 91.9 Å². The molecule has 2 aliphatic heterocycles. The molecule has 0 saturated heterocycles. The maximum Gasteiger partial charge on any atom is 0.283 e. The van der Waals surface area contributed by atoms with Crippen LogP contribution in [0, 0.1) is 11.9 Å². The molecule has 0 radical (unpaired) electrons. The molecule has 2 aliphatic rings. The van der Waals surface area contributed by atoms with Gasteiger partial charge in [0.15, 0.2) is 5.75 Å². The highest BCUT2D eigenvalue weighted by molar-refractivity contribution is 5.76. The number of hydrogen-bond donors (Lipinski definition) is 1. The molecule has 35 heavy (non-hydrogen) atoms. The summed E-state index contributed by atoms with van der Waals surface area (Å²) >= 11 is 0. The minimum atomic E-state index is -1.22. The van der Waals surface area contributed by atoms with Crippen LogP contribution in [0.1, 0.15) is 37.1 Å². The molecular formula is C26H24F2N4O3. The van der Waals surface area contributed by atoms with Crippen LogP contribution in [0.25, 0.3) is 16.7 Å². The zero-order chi connectivity index (χ0) is 24.6. The predicted molar refractivity (Wildman–Crippen MR) is 127 cm³/mol. The number of halogens is 2. The highest BCUT2D eigenvalue weighted by Crippen LogP contribution is 2.51.